The number of hydrogen-bond donors (Lipinski definition) is 1. The topological polar surface area (TPSA) is 55.6 Å². The van der Waals surface area contributed by atoms with Crippen molar-refractivity contribution in [3.05, 3.63) is 0 Å². The van der Waals surface area contributed by atoms with Crippen molar-refractivity contribution in [2.24, 2.45) is 5.73 Å². The first-order chi connectivity index (χ1) is 7.69. The van der Waals surface area contributed by atoms with Crippen molar-refractivity contribution in [2.45, 2.75) is 51.2 Å². The van der Waals surface area contributed by atoms with Gasteiger partial charge in [0, 0.05) is 20.2 Å². The second-order valence-electron chi connectivity index (χ2n) is 4.51. The second-order valence-corrected chi connectivity index (χ2v) is 4.51. The molecule has 1 unspecified atom stereocenters. The van der Waals surface area contributed by atoms with Crippen molar-refractivity contribution in [3.8, 4) is 0 Å². The van der Waals surface area contributed by atoms with E-state index in [0.29, 0.717) is 6.10 Å². The number of hydrogen-bond acceptors (Lipinski definition) is 3. The summed E-state index contributed by atoms with van der Waals surface area (Å²) in [6.45, 7) is 3.69. The summed E-state index contributed by atoms with van der Waals surface area (Å²) in [5.74, 6) is 0.114. The second kappa shape index (κ2) is 6.86. The molecule has 0 aliphatic carbocycles. The summed E-state index contributed by atoms with van der Waals surface area (Å²) in [4.78, 5) is 13.8. The van der Waals surface area contributed by atoms with Crippen LogP contribution in [0.2, 0.25) is 0 Å². The van der Waals surface area contributed by atoms with Gasteiger partial charge in [0.1, 0.15) is 0 Å². The molecule has 0 aromatic heterocycles. The molecule has 94 valence electrons. The Hall–Kier alpha value is -0.610. The lowest BCUT2D eigenvalue weighted by Gasteiger charge is -2.32. The summed E-state index contributed by atoms with van der Waals surface area (Å²) in [5, 5.41) is 0. The van der Waals surface area contributed by atoms with E-state index in [9.17, 15) is 4.79 Å². The number of ether oxygens (including phenoxy) is 1. The Kier molecular flexibility index (Phi) is 5.77. The molecule has 0 aromatic rings. The quantitative estimate of drug-likeness (QED) is 0.767. The predicted molar refractivity (Wildman–Crippen MR) is 64.1 cm³/mol. The van der Waals surface area contributed by atoms with Gasteiger partial charge in [0.05, 0.1) is 12.1 Å². The number of rotatable bonds is 5. The van der Waals surface area contributed by atoms with E-state index in [4.69, 9.17) is 10.5 Å². The third kappa shape index (κ3) is 3.76. The number of piperidine rings is 1. The minimum Gasteiger partial charge on any atom is -0.381 e. The van der Waals surface area contributed by atoms with Crippen LogP contribution in [-0.4, -0.2) is 43.2 Å². The Morgan fingerprint density at radius 1 is 1.50 bits per heavy atom. The molecule has 4 nitrogen and oxygen atoms in total. The lowest BCUT2D eigenvalue weighted by atomic mass is 10.0. The van der Waals surface area contributed by atoms with Gasteiger partial charge < -0.3 is 15.4 Å². The van der Waals surface area contributed by atoms with Gasteiger partial charge >= 0.3 is 0 Å². The van der Waals surface area contributed by atoms with Crippen LogP contribution >= 0.6 is 0 Å². The largest absolute Gasteiger partial charge is 0.381 e. The normalized spacial score (nSPS) is 19.8. The zero-order valence-electron chi connectivity index (χ0n) is 10.4. The highest BCUT2D eigenvalue weighted by Crippen LogP contribution is 2.14. The first-order valence-electron chi connectivity index (χ1n) is 6.26. The molecule has 2 N–H and O–H groups in total. The Balaban J connectivity index is 2.32. The average molecular weight is 228 g/mol. The van der Waals surface area contributed by atoms with Gasteiger partial charge in [0.25, 0.3) is 0 Å². The number of nitrogens with two attached hydrogens (primary N) is 1. The van der Waals surface area contributed by atoms with Gasteiger partial charge in [-0.25, -0.2) is 0 Å². The van der Waals surface area contributed by atoms with Crippen molar-refractivity contribution in [1.29, 1.82) is 0 Å². The zero-order valence-corrected chi connectivity index (χ0v) is 10.4. The van der Waals surface area contributed by atoms with Crippen LogP contribution in [0.25, 0.3) is 0 Å². The monoisotopic (exact) mass is 228 g/mol. The zero-order chi connectivity index (χ0) is 12.0. The molecule has 1 rings (SSSR count). The first-order valence-corrected chi connectivity index (χ1v) is 6.26. The SMILES string of the molecule is CCCCC(N)C(=O)N1CCC(OC)CC1. The summed E-state index contributed by atoms with van der Waals surface area (Å²) < 4.78 is 5.28. The number of nitrogens with zero attached hydrogens (tertiary/aromatic N) is 1. The van der Waals surface area contributed by atoms with E-state index < -0.39 is 0 Å². The van der Waals surface area contributed by atoms with Crippen LogP contribution in [0.1, 0.15) is 39.0 Å². The number of amides is 1. The summed E-state index contributed by atoms with van der Waals surface area (Å²) in [5.41, 5.74) is 5.88. The predicted octanol–water partition coefficient (Wildman–Crippen LogP) is 1.14. The van der Waals surface area contributed by atoms with E-state index >= 15 is 0 Å². The molecule has 1 aliphatic rings. The Morgan fingerprint density at radius 2 is 2.12 bits per heavy atom. The molecule has 1 fully saturated rings. The maximum atomic E-state index is 12.0. The summed E-state index contributed by atoms with van der Waals surface area (Å²) in [6.07, 6.45) is 5.11. The Morgan fingerprint density at radius 3 is 2.62 bits per heavy atom. The minimum absolute atomic E-state index is 0.114. The molecular formula is C12H24N2O2. The van der Waals surface area contributed by atoms with Gasteiger partial charge in [0.15, 0.2) is 0 Å². The fourth-order valence-electron chi connectivity index (χ4n) is 2.09. The highest BCUT2D eigenvalue weighted by atomic mass is 16.5. The van der Waals surface area contributed by atoms with Crippen molar-refractivity contribution in [1.82, 2.24) is 4.90 Å². The molecular weight excluding hydrogens is 204 g/mol. The maximum absolute atomic E-state index is 12.0. The van der Waals surface area contributed by atoms with E-state index in [1.165, 1.54) is 0 Å². The van der Waals surface area contributed by atoms with Crippen LogP contribution in [0, 0.1) is 0 Å². The third-order valence-electron chi connectivity index (χ3n) is 3.27. The van der Waals surface area contributed by atoms with Crippen LogP contribution in [0.4, 0.5) is 0 Å². The van der Waals surface area contributed by atoms with Crippen LogP contribution < -0.4 is 5.73 Å². The lowest BCUT2D eigenvalue weighted by molar-refractivity contribution is -0.135. The minimum atomic E-state index is -0.306. The molecule has 0 spiro atoms. The third-order valence-corrected chi connectivity index (χ3v) is 3.27. The smallest absolute Gasteiger partial charge is 0.239 e. The van der Waals surface area contributed by atoms with Crippen molar-refractivity contribution < 1.29 is 9.53 Å². The van der Waals surface area contributed by atoms with Gasteiger partial charge in [-0.1, -0.05) is 19.8 Å². The standard InChI is InChI=1S/C12H24N2O2/c1-3-4-5-11(13)12(15)14-8-6-10(16-2)7-9-14/h10-11H,3-9,13H2,1-2H3. The van der Waals surface area contributed by atoms with Crippen LogP contribution in [0.15, 0.2) is 0 Å². The van der Waals surface area contributed by atoms with Crippen molar-refractivity contribution in [2.75, 3.05) is 20.2 Å². The summed E-state index contributed by atoms with van der Waals surface area (Å²) in [6, 6.07) is -0.306. The van der Waals surface area contributed by atoms with E-state index in [1.807, 2.05) is 4.90 Å². The maximum Gasteiger partial charge on any atom is 0.239 e. The molecule has 0 saturated carbocycles. The fourth-order valence-corrected chi connectivity index (χ4v) is 2.09. The molecule has 16 heavy (non-hydrogen) atoms. The van der Waals surface area contributed by atoms with E-state index in [2.05, 4.69) is 6.92 Å². The summed E-state index contributed by atoms with van der Waals surface area (Å²) >= 11 is 0. The molecule has 4 heteroatoms. The average Bonchev–Trinajstić information content (AvgIpc) is 2.35. The number of unbranched alkanes of at least 4 members (excludes halogenated alkanes) is 1. The fraction of sp³-hybridized carbons (Fsp3) is 0.917. The highest BCUT2D eigenvalue weighted by molar-refractivity contribution is 5.81. The molecule has 1 saturated heterocycles. The van der Waals surface area contributed by atoms with Crippen molar-refractivity contribution >= 4 is 5.91 Å². The molecule has 0 bridgehead atoms. The number of carbonyl (C=O) groups is 1. The highest BCUT2D eigenvalue weighted by Gasteiger charge is 2.25. The first kappa shape index (κ1) is 13.5. The Labute approximate surface area is 98.1 Å². The number of likely N-dealkylation sites (tertiary alicyclic amines) is 1. The van der Waals surface area contributed by atoms with Crippen LogP contribution in [-0.2, 0) is 9.53 Å². The van der Waals surface area contributed by atoms with Crippen LogP contribution in [0.5, 0.6) is 0 Å². The van der Waals surface area contributed by atoms with E-state index in [1.54, 1.807) is 7.11 Å². The van der Waals surface area contributed by atoms with E-state index in [0.717, 1.165) is 45.2 Å². The van der Waals surface area contributed by atoms with Gasteiger partial charge in [-0.15, -0.1) is 0 Å². The molecule has 0 radical (unpaired) electrons. The molecule has 1 heterocycles. The molecule has 1 atom stereocenters. The van der Waals surface area contributed by atoms with E-state index in [-0.39, 0.29) is 11.9 Å². The van der Waals surface area contributed by atoms with Crippen LogP contribution in [0.3, 0.4) is 0 Å². The van der Waals surface area contributed by atoms with Crippen molar-refractivity contribution in [3.63, 3.8) is 0 Å². The van der Waals surface area contributed by atoms with Gasteiger partial charge in [-0.05, 0) is 19.3 Å². The number of methoxy groups -OCH3 is 1. The lowest BCUT2D eigenvalue weighted by Crippen LogP contribution is -2.48. The molecule has 1 amide bonds. The molecule has 1 aliphatic heterocycles. The summed E-state index contributed by atoms with van der Waals surface area (Å²) in [7, 11) is 1.73. The molecule has 0 aromatic carbocycles. The van der Waals surface area contributed by atoms with Gasteiger partial charge in [-0.2, -0.15) is 0 Å². The number of carbonyl (C=O) groups excluding carboxylic acids is 1. The Bertz CT molecular complexity index is 213. The van der Waals surface area contributed by atoms with Gasteiger partial charge in [0.2, 0.25) is 5.91 Å². The van der Waals surface area contributed by atoms with Gasteiger partial charge in [-0.3, -0.25) is 4.79 Å².